The van der Waals surface area contributed by atoms with E-state index in [4.69, 9.17) is 23.2 Å². The molecule has 4 rings (SSSR count). The lowest BCUT2D eigenvalue weighted by Crippen LogP contribution is -2.45. The fourth-order valence-corrected chi connectivity index (χ4v) is 4.66. The predicted octanol–water partition coefficient (Wildman–Crippen LogP) is 4.90. The van der Waals surface area contributed by atoms with Crippen molar-refractivity contribution in [1.29, 1.82) is 0 Å². The SMILES string of the molecule is O=C(Cc1ccc(Cl)c(Cl)c1)N1CCc2c(F)cccc2C1CN1CCCC1. The van der Waals surface area contributed by atoms with Crippen LogP contribution in [0.3, 0.4) is 0 Å². The van der Waals surface area contributed by atoms with E-state index in [9.17, 15) is 9.18 Å². The summed E-state index contributed by atoms with van der Waals surface area (Å²) in [5.41, 5.74) is 2.54. The zero-order valence-corrected chi connectivity index (χ0v) is 17.1. The number of rotatable bonds is 4. The first-order valence-corrected chi connectivity index (χ1v) is 10.5. The minimum Gasteiger partial charge on any atom is -0.334 e. The fourth-order valence-electron chi connectivity index (χ4n) is 4.34. The summed E-state index contributed by atoms with van der Waals surface area (Å²) in [5, 5.41) is 0.929. The molecule has 1 unspecified atom stereocenters. The van der Waals surface area contributed by atoms with Gasteiger partial charge < -0.3 is 9.80 Å². The monoisotopic (exact) mass is 420 g/mol. The molecule has 1 amide bonds. The van der Waals surface area contributed by atoms with Crippen LogP contribution in [0, 0.1) is 5.82 Å². The van der Waals surface area contributed by atoms with Crippen LogP contribution in [-0.2, 0) is 17.6 Å². The number of likely N-dealkylation sites (tertiary alicyclic amines) is 1. The first-order valence-electron chi connectivity index (χ1n) is 9.76. The van der Waals surface area contributed by atoms with Gasteiger partial charge in [-0.1, -0.05) is 41.4 Å². The second-order valence-corrected chi connectivity index (χ2v) is 8.41. The van der Waals surface area contributed by atoms with Crippen LogP contribution in [-0.4, -0.2) is 41.9 Å². The third-order valence-corrected chi connectivity index (χ3v) is 6.52. The molecule has 1 fully saturated rings. The number of hydrogen-bond donors (Lipinski definition) is 0. The van der Waals surface area contributed by atoms with Gasteiger partial charge in [0.2, 0.25) is 5.91 Å². The molecule has 0 aromatic heterocycles. The lowest BCUT2D eigenvalue weighted by atomic mass is 9.91. The summed E-state index contributed by atoms with van der Waals surface area (Å²) < 4.78 is 14.4. The third kappa shape index (κ3) is 4.05. The number of carbonyl (C=O) groups is 1. The largest absolute Gasteiger partial charge is 0.334 e. The molecule has 2 aliphatic rings. The van der Waals surface area contributed by atoms with Crippen LogP contribution in [0.5, 0.6) is 0 Å². The standard InChI is InChI=1S/C22H23Cl2FN2O/c23-18-7-6-15(12-19(18)24)13-22(28)27-11-8-16-17(4-3-5-20(16)25)21(27)14-26-9-1-2-10-26/h3-7,12,21H,1-2,8-11,13-14H2. The molecule has 0 radical (unpaired) electrons. The quantitative estimate of drug-likeness (QED) is 0.702. The molecule has 2 aliphatic heterocycles. The molecule has 6 heteroatoms. The molecule has 0 spiro atoms. The van der Waals surface area contributed by atoms with Crippen molar-refractivity contribution in [3.8, 4) is 0 Å². The van der Waals surface area contributed by atoms with Crippen molar-refractivity contribution >= 4 is 29.1 Å². The molecule has 3 nitrogen and oxygen atoms in total. The van der Waals surface area contributed by atoms with Crippen molar-refractivity contribution in [1.82, 2.24) is 9.80 Å². The Morgan fingerprint density at radius 2 is 1.86 bits per heavy atom. The molecule has 0 N–H and O–H groups in total. The Labute approximate surface area is 175 Å². The molecule has 0 saturated carbocycles. The third-order valence-electron chi connectivity index (χ3n) is 5.78. The zero-order chi connectivity index (χ0) is 19.7. The number of carbonyl (C=O) groups excluding carboxylic acids is 1. The Balaban J connectivity index is 1.60. The van der Waals surface area contributed by atoms with Gasteiger partial charge in [-0.15, -0.1) is 0 Å². The summed E-state index contributed by atoms with van der Waals surface area (Å²) in [6.45, 7) is 3.36. The Morgan fingerprint density at radius 3 is 2.61 bits per heavy atom. The Morgan fingerprint density at radius 1 is 1.07 bits per heavy atom. The predicted molar refractivity (Wildman–Crippen MR) is 110 cm³/mol. The molecule has 1 atom stereocenters. The highest BCUT2D eigenvalue weighted by atomic mass is 35.5. The summed E-state index contributed by atoms with van der Waals surface area (Å²) in [6, 6.07) is 10.4. The summed E-state index contributed by atoms with van der Waals surface area (Å²) in [5.74, 6) is -0.127. The van der Waals surface area contributed by atoms with Gasteiger partial charge >= 0.3 is 0 Å². The summed E-state index contributed by atoms with van der Waals surface area (Å²) >= 11 is 12.1. The number of hydrogen-bond acceptors (Lipinski definition) is 2. The van der Waals surface area contributed by atoms with E-state index in [1.54, 1.807) is 18.2 Å². The summed E-state index contributed by atoms with van der Waals surface area (Å²) in [4.78, 5) is 17.5. The summed E-state index contributed by atoms with van der Waals surface area (Å²) in [6.07, 6.45) is 3.17. The second kappa shape index (κ2) is 8.40. The lowest BCUT2D eigenvalue weighted by Gasteiger charge is -2.39. The molecular weight excluding hydrogens is 398 g/mol. The van der Waals surface area contributed by atoms with E-state index in [-0.39, 0.29) is 24.2 Å². The van der Waals surface area contributed by atoms with Crippen LogP contribution in [0.1, 0.15) is 35.6 Å². The highest BCUT2D eigenvalue weighted by molar-refractivity contribution is 6.42. The van der Waals surface area contributed by atoms with E-state index in [0.29, 0.717) is 23.0 Å². The number of halogens is 3. The number of nitrogens with zero attached hydrogens (tertiary/aromatic N) is 2. The molecule has 2 aromatic carbocycles. The summed E-state index contributed by atoms with van der Waals surface area (Å²) in [7, 11) is 0. The second-order valence-electron chi connectivity index (χ2n) is 7.59. The van der Waals surface area contributed by atoms with E-state index in [1.165, 1.54) is 18.9 Å². The molecule has 0 aliphatic carbocycles. The highest BCUT2D eigenvalue weighted by Crippen LogP contribution is 2.33. The van der Waals surface area contributed by atoms with Gasteiger partial charge in [0.15, 0.2) is 0 Å². The van der Waals surface area contributed by atoms with Gasteiger partial charge in [-0.25, -0.2) is 4.39 Å². The number of benzene rings is 2. The Bertz CT molecular complexity index is 883. The Kier molecular flexibility index (Phi) is 5.91. The molecule has 28 heavy (non-hydrogen) atoms. The maximum atomic E-state index is 14.4. The van der Waals surface area contributed by atoms with Crippen molar-refractivity contribution in [3.63, 3.8) is 0 Å². The van der Waals surface area contributed by atoms with E-state index in [0.717, 1.165) is 36.3 Å². The van der Waals surface area contributed by atoms with Crippen LogP contribution in [0.4, 0.5) is 4.39 Å². The Hall–Kier alpha value is -1.62. The number of amides is 1. The van der Waals surface area contributed by atoms with Gasteiger partial charge in [-0.05, 0) is 67.2 Å². The van der Waals surface area contributed by atoms with Crippen molar-refractivity contribution < 1.29 is 9.18 Å². The molecular formula is C22H23Cl2FN2O. The van der Waals surface area contributed by atoms with Gasteiger partial charge in [0.1, 0.15) is 5.82 Å². The van der Waals surface area contributed by atoms with E-state index >= 15 is 0 Å². The average molecular weight is 421 g/mol. The first-order chi connectivity index (χ1) is 13.5. The van der Waals surface area contributed by atoms with Gasteiger partial charge in [-0.3, -0.25) is 4.79 Å². The average Bonchev–Trinajstić information content (AvgIpc) is 3.18. The zero-order valence-electron chi connectivity index (χ0n) is 15.6. The van der Waals surface area contributed by atoms with Crippen LogP contribution in [0.2, 0.25) is 10.0 Å². The van der Waals surface area contributed by atoms with E-state index < -0.39 is 0 Å². The molecule has 0 bridgehead atoms. The van der Waals surface area contributed by atoms with Gasteiger partial charge in [0.05, 0.1) is 22.5 Å². The van der Waals surface area contributed by atoms with Gasteiger partial charge in [0, 0.05) is 13.1 Å². The van der Waals surface area contributed by atoms with Crippen LogP contribution >= 0.6 is 23.2 Å². The first kappa shape index (κ1) is 19.7. The lowest BCUT2D eigenvalue weighted by molar-refractivity contribution is -0.133. The smallest absolute Gasteiger partial charge is 0.227 e. The van der Waals surface area contributed by atoms with Crippen LogP contribution in [0.15, 0.2) is 36.4 Å². The molecule has 2 heterocycles. The minimum absolute atomic E-state index is 0.0393. The van der Waals surface area contributed by atoms with Gasteiger partial charge in [0.25, 0.3) is 0 Å². The van der Waals surface area contributed by atoms with E-state index in [1.807, 2.05) is 17.0 Å². The van der Waals surface area contributed by atoms with Crippen molar-refractivity contribution in [2.75, 3.05) is 26.2 Å². The highest BCUT2D eigenvalue weighted by Gasteiger charge is 2.33. The molecule has 148 valence electrons. The van der Waals surface area contributed by atoms with Gasteiger partial charge in [-0.2, -0.15) is 0 Å². The normalized spacial score (nSPS) is 19.7. The maximum absolute atomic E-state index is 14.4. The van der Waals surface area contributed by atoms with Crippen LogP contribution < -0.4 is 0 Å². The number of fused-ring (bicyclic) bond motifs is 1. The minimum atomic E-state index is -0.166. The topological polar surface area (TPSA) is 23.6 Å². The molecule has 1 saturated heterocycles. The van der Waals surface area contributed by atoms with Crippen LogP contribution in [0.25, 0.3) is 0 Å². The van der Waals surface area contributed by atoms with E-state index in [2.05, 4.69) is 4.90 Å². The fraction of sp³-hybridized carbons (Fsp3) is 0.409. The van der Waals surface area contributed by atoms with Crippen molar-refractivity contribution in [2.24, 2.45) is 0 Å². The van der Waals surface area contributed by atoms with Crippen molar-refractivity contribution in [2.45, 2.75) is 31.7 Å². The van der Waals surface area contributed by atoms with Crippen molar-refractivity contribution in [3.05, 3.63) is 69.0 Å². The molecule has 2 aromatic rings. The maximum Gasteiger partial charge on any atom is 0.227 e.